The fraction of sp³-hybridized carbons (Fsp3) is 0. The summed E-state index contributed by atoms with van der Waals surface area (Å²) in [5, 5.41) is 6.99. The van der Waals surface area contributed by atoms with E-state index < -0.39 is 0 Å². The molecule has 0 aliphatic heterocycles. The minimum atomic E-state index is -0.382. The lowest BCUT2D eigenvalue weighted by atomic mass is 10.3. The lowest BCUT2D eigenvalue weighted by Crippen LogP contribution is -2.12. The molecule has 1 amide bonds. The Hall–Kier alpha value is -1.52. The van der Waals surface area contributed by atoms with Crippen LogP contribution in [-0.2, 0) is 0 Å². The van der Waals surface area contributed by atoms with Gasteiger partial charge in [0.05, 0.1) is 0 Å². The number of benzene rings is 1. The topological polar surface area (TPSA) is 55.1 Å². The molecule has 16 heavy (non-hydrogen) atoms. The van der Waals surface area contributed by atoms with Crippen LogP contribution >= 0.6 is 23.2 Å². The second-order valence-corrected chi connectivity index (χ2v) is 3.87. The first kappa shape index (κ1) is 11.0. The number of rotatable bonds is 2. The van der Waals surface area contributed by atoms with Crippen molar-refractivity contribution in [3.05, 3.63) is 46.3 Å². The van der Waals surface area contributed by atoms with E-state index in [4.69, 9.17) is 23.2 Å². The van der Waals surface area contributed by atoms with Crippen LogP contribution in [0.25, 0.3) is 0 Å². The number of hydrogen-bond donors (Lipinski definition) is 1. The highest BCUT2D eigenvalue weighted by Gasteiger charge is 2.09. The summed E-state index contributed by atoms with van der Waals surface area (Å²) in [6, 6.07) is 6.22. The van der Waals surface area contributed by atoms with Gasteiger partial charge < -0.3 is 9.84 Å². The lowest BCUT2D eigenvalue weighted by molar-refractivity contribution is 0.101. The monoisotopic (exact) mass is 256 g/mol. The molecule has 0 spiro atoms. The maximum absolute atomic E-state index is 11.6. The van der Waals surface area contributed by atoms with Crippen LogP contribution in [0.15, 0.2) is 35.1 Å². The molecule has 2 rings (SSSR count). The Morgan fingerprint density at radius 2 is 1.94 bits per heavy atom. The summed E-state index contributed by atoms with van der Waals surface area (Å²) in [4.78, 5) is 11.6. The second kappa shape index (κ2) is 4.55. The van der Waals surface area contributed by atoms with Gasteiger partial charge in [-0.3, -0.25) is 4.79 Å². The number of carbonyl (C=O) groups excluding carboxylic acids is 1. The van der Waals surface area contributed by atoms with Crippen LogP contribution in [0, 0.1) is 0 Å². The average molecular weight is 257 g/mol. The molecule has 1 aromatic carbocycles. The summed E-state index contributed by atoms with van der Waals surface area (Å²) in [7, 11) is 0. The second-order valence-electron chi connectivity index (χ2n) is 3.00. The zero-order valence-corrected chi connectivity index (χ0v) is 9.42. The zero-order chi connectivity index (χ0) is 11.5. The summed E-state index contributed by atoms with van der Waals surface area (Å²) in [5.41, 5.74) is 0.696. The Morgan fingerprint density at radius 3 is 2.50 bits per heavy atom. The van der Waals surface area contributed by atoms with E-state index in [2.05, 4.69) is 15.0 Å². The maximum atomic E-state index is 11.6. The van der Waals surface area contributed by atoms with E-state index in [0.29, 0.717) is 15.7 Å². The van der Waals surface area contributed by atoms with Gasteiger partial charge in [0.15, 0.2) is 5.69 Å². The van der Waals surface area contributed by atoms with E-state index in [1.54, 1.807) is 18.2 Å². The first-order valence-electron chi connectivity index (χ1n) is 4.33. The van der Waals surface area contributed by atoms with E-state index in [9.17, 15) is 4.79 Å². The molecular weight excluding hydrogens is 251 g/mol. The fourth-order valence-corrected chi connectivity index (χ4v) is 1.68. The highest BCUT2D eigenvalue weighted by molar-refractivity contribution is 6.35. The van der Waals surface area contributed by atoms with Crippen LogP contribution in [-0.4, -0.2) is 11.1 Å². The number of hydrogen-bond acceptors (Lipinski definition) is 3. The van der Waals surface area contributed by atoms with Crippen molar-refractivity contribution in [2.45, 2.75) is 0 Å². The van der Waals surface area contributed by atoms with Gasteiger partial charge in [-0.1, -0.05) is 28.4 Å². The predicted octanol–water partition coefficient (Wildman–Crippen LogP) is 3.23. The molecule has 0 fully saturated rings. The van der Waals surface area contributed by atoms with Gasteiger partial charge in [-0.05, 0) is 18.2 Å². The van der Waals surface area contributed by atoms with Gasteiger partial charge in [-0.2, -0.15) is 0 Å². The zero-order valence-electron chi connectivity index (χ0n) is 7.91. The van der Waals surface area contributed by atoms with Gasteiger partial charge in [0, 0.05) is 21.8 Å². The molecule has 0 unspecified atom stereocenters. The smallest absolute Gasteiger partial charge is 0.277 e. The molecule has 0 saturated carbocycles. The van der Waals surface area contributed by atoms with Crippen LogP contribution in [0.4, 0.5) is 5.69 Å². The molecule has 0 saturated heterocycles. The average Bonchev–Trinajstić information content (AvgIpc) is 2.68. The molecule has 0 bridgehead atoms. The van der Waals surface area contributed by atoms with E-state index in [0.717, 1.165) is 0 Å². The number of amides is 1. The molecule has 1 aromatic heterocycles. The van der Waals surface area contributed by atoms with Crippen molar-refractivity contribution >= 4 is 34.8 Å². The van der Waals surface area contributed by atoms with Crippen molar-refractivity contribution < 1.29 is 9.32 Å². The molecule has 2 aromatic rings. The predicted molar refractivity (Wildman–Crippen MR) is 60.9 cm³/mol. The molecular formula is C10H6Cl2N2O2. The first-order valence-corrected chi connectivity index (χ1v) is 5.08. The number of nitrogens with zero attached hydrogens (tertiary/aromatic N) is 1. The van der Waals surface area contributed by atoms with Crippen LogP contribution in [0.2, 0.25) is 10.0 Å². The third kappa shape index (κ3) is 2.53. The summed E-state index contributed by atoms with van der Waals surface area (Å²) >= 11 is 11.6. The summed E-state index contributed by atoms with van der Waals surface area (Å²) in [6.07, 6.45) is 1.32. The maximum Gasteiger partial charge on any atom is 0.277 e. The van der Waals surface area contributed by atoms with E-state index in [-0.39, 0.29) is 11.6 Å². The van der Waals surface area contributed by atoms with Crippen LogP contribution in [0.1, 0.15) is 10.5 Å². The molecule has 6 heteroatoms. The van der Waals surface area contributed by atoms with Gasteiger partial charge >= 0.3 is 0 Å². The number of anilines is 1. The fourth-order valence-electron chi connectivity index (χ4n) is 1.15. The third-order valence-corrected chi connectivity index (χ3v) is 2.23. The van der Waals surface area contributed by atoms with Crippen molar-refractivity contribution in [3.63, 3.8) is 0 Å². The normalized spacial score (nSPS) is 10.1. The SMILES string of the molecule is O=C(Nc1cc(Cl)cc(Cl)c1)c1ccon1. The highest BCUT2D eigenvalue weighted by Crippen LogP contribution is 2.22. The molecule has 1 N–H and O–H groups in total. The van der Waals surface area contributed by atoms with E-state index in [1.165, 1.54) is 12.3 Å². The number of aromatic nitrogens is 1. The summed E-state index contributed by atoms with van der Waals surface area (Å²) < 4.78 is 4.56. The van der Waals surface area contributed by atoms with Gasteiger partial charge in [0.25, 0.3) is 5.91 Å². The minimum absolute atomic E-state index is 0.191. The van der Waals surface area contributed by atoms with Crippen LogP contribution in [0.5, 0.6) is 0 Å². The van der Waals surface area contributed by atoms with Crippen molar-refractivity contribution in [2.75, 3.05) is 5.32 Å². The molecule has 4 nitrogen and oxygen atoms in total. The van der Waals surface area contributed by atoms with E-state index in [1.807, 2.05) is 0 Å². The van der Waals surface area contributed by atoms with E-state index >= 15 is 0 Å². The van der Waals surface area contributed by atoms with Crippen LogP contribution < -0.4 is 5.32 Å². The van der Waals surface area contributed by atoms with Crippen molar-refractivity contribution in [2.24, 2.45) is 0 Å². The quantitative estimate of drug-likeness (QED) is 0.898. The largest absolute Gasteiger partial charge is 0.364 e. The summed E-state index contributed by atoms with van der Waals surface area (Å²) in [5.74, 6) is -0.382. The Morgan fingerprint density at radius 1 is 1.25 bits per heavy atom. The Bertz CT molecular complexity index is 491. The van der Waals surface area contributed by atoms with Gasteiger partial charge in [-0.25, -0.2) is 0 Å². The van der Waals surface area contributed by atoms with Gasteiger partial charge in [0.2, 0.25) is 0 Å². The summed E-state index contributed by atoms with van der Waals surface area (Å²) in [6.45, 7) is 0. The van der Waals surface area contributed by atoms with Crippen molar-refractivity contribution in [3.8, 4) is 0 Å². The molecule has 0 atom stereocenters. The third-order valence-electron chi connectivity index (χ3n) is 1.79. The molecule has 1 heterocycles. The number of carbonyl (C=O) groups is 1. The number of nitrogens with one attached hydrogen (secondary N) is 1. The Balaban J connectivity index is 2.18. The molecule has 0 aliphatic rings. The van der Waals surface area contributed by atoms with Crippen molar-refractivity contribution in [1.82, 2.24) is 5.16 Å². The first-order chi connectivity index (χ1) is 7.65. The highest BCUT2D eigenvalue weighted by atomic mass is 35.5. The Kier molecular flexibility index (Phi) is 3.12. The molecule has 82 valence electrons. The molecule has 0 radical (unpaired) electrons. The van der Waals surface area contributed by atoms with Crippen molar-refractivity contribution in [1.29, 1.82) is 0 Å². The lowest BCUT2D eigenvalue weighted by Gasteiger charge is -2.03. The Labute approximate surface area is 101 Å². The van der Waals surface area contributed by atoms with Crippen LogP contribution in [0.3, 0.4) is 0 Å². The molecule has 0 aliphatic carbocycles. The standard InChI is InChI=1S/C10H6Cl2N2O2/c11-6-3-7(12)5-8(4-6)13-10(15)9-1-2-16-14-9/h1-5H,(H,13,15). The van der Waals surface area contributed by atoms with Gasteiger partial charge in [-0.15, -0.1) is 0 Å². The number of halogens is 2. The van der Waals surface area contributed by atoms with Gasteiger partial charge in [0.1, 0.15) is 6.26 Å². The minimum Gasteiger partial charge on any atom is -0.364 e.